The van der Waals surface area contributed by atoms with Crippen molar-refractivity contribution in [2.45, 2.75) is 51.6 Å². The number of fused-ring (bicyclic) bond motifs is 1. The third-order valence-corrected chi connectivity index (χ3v) is 3.65. The van der Waals surface area contributed by atoms with Gasteiger partial charge in [0, 0.05) is 6.54 Å². The van der Waals surface area contributed by atoms with E-state index in [2.05, 4.69) is 15.4 Å². The topological polar surface area (TPSA) is 65.6 Å². The van der Waals surface area contributed by atoms with Gasteiger partial charge in [-0.2, -0.15) is 5.10 Å². The van der Waals surface area contributed by atoms with E-state index in [1.807, 2.05) is 6.92 Å². The molecular weight excluding hydrogens is 230 g/mol. The number of rotatable bonds is 2. The summed E-state index contributed by atoms with van der Waals surface area (Å²) in [6.45, 7) is 2.72. The van der Waals surface area contributed by atoms with Gasteiger partial charge >= 0.3 is 0 Å². The maximum absolute atomic E-state index is 12.3. The van der Waals surface area contributed by atoms with Crippen LogP contribution in [-0.4, -0.2) is 24.8 Å². The van der Waals surface area contributed by atoms with Gasteiger partial charge in [0.05, 0.1) is 12.2 Å². The Labute approximate surface area is 105 Å². The molecule has 0 radical (unpaired) electrons. The van der Waals surface area contributed by atoms with Crippen molar-refractivity contribution in [1.82, 2.24) is 24.8 Å². The van der Waals surface area contributed by atoms with Gasteiger partial charge in [-0.15, -0.1) is 5.10 Å². The Morgan fingerprint density at radius 3 is 2.83 bits per heavy atom. The molecule has 1 aliphatic rings. The van der Waals surface area contributed by atoms with Crippen molar-refractivity contribution in [3.8, 4) is 0 Å². The zero-order valence-corrected chi connectivity index (χ0v) is 10.5. The zero-order chi connectivity index (χ0) is 12.5. The smallest absolute Gasteiger partial charge is 0.270 e. The highest BCUT2D eigenvalue weighted by molar-refractivity contribution is 5.71. The van der Waals surface area contributed by atoms with Crippen LogP contribution >= 0.6 is 0 Å². The van der Waals surface area contributed by atoms with E-state index in [0.29, 0.717) is 11.0 Å². The van der Waals surface area contributed by atoms with Crippen molar-refractivity contribution in [3.05, 3.63) is 16.6 Å². The van der Waals surface area contributed by atoms with Crippen LogP contribution in [0, 0.1) is 0 Å². The van der Waals surface area contributed by atoms with Gasteiger partial charge in [0.1, 0.15) is 5.52 Å². The Bertz CT molecular complexity index is 608. The van der Waals surface area contributed by atoms with Gasteiger partial charge in [-0.3, -0.25) is 9.48 Å². The second kappa shape index (κ2) is 4.51. The lowest BCUT2D eigenvalue weighted by Crippen LogP contribution is -2.29. The maximum Gasteiger partial charge on any atom is 0.298 e. The molecule has 18 heavy (non-hydrogen) atoms. The molecule has 2 aromatic heterocycles. The minimum Gasteiger partial charge on any atom is -0.270 e. The highest BCUT2D eigenvalue weighted by Crippen LogP contribution is 2.26. The normalized spacial score (nSPS) is 17.4. The Hall–Kier alpha value is -1.72. The fourth-order valence-electron chi connectivity index (χ4n) is 2.61. The lowest BCUT2D eigenvalue weighted by Gasteiger charge is -2.21. The highest BCUT2D eigenvalue weighted by atomic mass is 16.1. The zero-order valence-electron chi connectivity index (χ0n) is 10.5. The summed E-state index contributed by atoms with van der Waals surface area (Å²) in [6, 6.07) is 0.204. The SMILES string of the molecule is CCn1cc2nnn(C3CCCCC3)c(=O)c2n1. The van der Waals surface area contributed by atoms with Crippen LogP contribution in [0.1, 0.15) is 45.1 Å². The standard InChI is InChI=1S/C12H17N5O/c1-2-16-8-10-11(14-16)12(18)17(15-13-10)9-6-4-3-5-7-9/h8-9H,2-7H2,1H3. The molecule has 2 heterocycles. The van der Waals surface area contributed by atoms with Crippen LogP contribution in [-0.2, 0) is 6.54 Å². The molecule has 0 spiro atoms. The molecule has 0 aliphatic heterocycles. The number of aromatic nitrogens is 5. The van der Waals surface area contributed by atoms with Crippen molar-refractivity contribution in [3.63, 3.8) is 0 Å². The Kier molecular flexibility index (Phi) is 2.85. The van der Waals surface area contributed by atoms with Crippen LogP contribution in [0.4, 0.5) is 0 Å². The van der Waals surface area contributed by atoms with Crippen LogP contribution in [0.15, 0.2) is 11.0 Å². The molecule has 6 heteroatoms. The molecule has 96 valence electrons. The van der Waals surface area contributed by atoms with Gasteiger partial charge in [0.25, 0.3) is 5.56 Å². The first-order valence-electron chi connectivity index (χ1n) is 6.62. The summed E-state index contributed by atoms with van der Waals surface area (Å²) in [7, 11) is 0. The lowest BCUT2D eigenvalue weighted by molar-refractivity contribution is 0.311. The van der Waals surface area contributed by atoms with Gasteiger partial charge in [-0.25, -0.2) is 4.68 Å². The minimum absolute atomic E-state index is 0.0981. The van der Waals surface area contributed by atoms with E-state index in [9.17, 15) is 4.79 Å². The number of hydrogen-bond acceptors (Lipinski definition) is 4. The predicted molar refractivity (Wildman–Crippen MR) is 67.4 cm³/mol. The van der Waals surface area contributed by atoms with Crippen molar-refractivity contribution in [1.29, 1.82) is 0 Å². The lowest BCUT2D eigenvalue weighted by atomic mass is 9.96. The molecule has 6 nitrogen and oxygen atoms in total. The second-order valence-corrected chi connectivity index (χ2v) is 4.85. The van der Waals surface area contributed by atoms with Crippen LogP contribution in [0.2, 0.25) is 0 Å². The fraction of sp³-hybridized carbons (Fsp3) is 0.667. The van der Waals surface area contributed by atoms with E-state index < -0.39 is 0 Å². The molecule has 3 rings (SSSR count). The van der Waals surface area contributed by atoms with Crippen molar-refractivity contribution < 1.29 is 0 Å². The van der Waals surface area contributed by atoms with Gasteiger partial charge < -0.3 is 0 Å². The molecule has 2 aromatic rings. The van der Waals surface area contributed by atoms with Crippen LogP contribution in [0.5, 0.6) is 0 Å². The summed E-state index contributed by atoms with van der Waals surface area (Å²) < 4.78 is 3.26. The summed E-state index contributed by atoms with van der Waals surface area (Å²) in [5.41, 5.74) is 0.936. The van der Waals surface area contributed by atoms with Crippen molar-refractivity contribution in [2.75, 3.05) is 0 Å². The number of hydrogen-bond donors (Lipinski definition) is 0. The average molecular weight is 247 g/mol. The monoisotopic (exact) mass is 247 g/mol. The first-order chi connectivity index (χ1) is 8.79. The van der Waals surface area contributed by atoms with Crippen LogP contribution in [0.25, 0.3) is 11.0 Å². The van der Waals surface area contributed by atoms with Crippen LogP contribution in [0.3, 0.4) is 0 Å². The highest BCUT2D eigenvalue weighted by Gasteiger charge is 2.20. The molecule has 1 saturated carbocycles. The third kappa shape index (κ3) is 1.81. The Morgan fingerprint density at radius 2 is 2.11 bits per heavy atom. The van der Waals surface area contributed by atoms with E-state index in [4.69, 9.17) is 0 Å². The van der Waals surface area contributed by atoms with E-state index in [-0.39, 0.29) is 11.6 Å². The first kappa shape index (κ1) is 11.4. The number of aryl methyl sites for hydroxylation is 1. The largest absolute Gasteiger partial charge is 0.298 e. The second-order valence-electron chi connectivity index (χ2n) is 4.85. The quantitative estimate of drug-likeness (QED) is 0.807. The molecule has 0 unspecified atom stereocenters. The van der Waals surface area contributed by atoms with Crippen molar-refractivity contribution in [2.24, 2.45) is 0 Å². The minimum atomic E-state index is -0.0981. The third-order valence-electron chi connectivity index (χ3n) is 3.65. The van der Waals surface area contributed by atoms with Crippen LogP contribution < -0.4 is 5.56 Å². The van der Waals surface area contributed by atoms with E-state index in [1.165, 1.54) is 23.9 Å². The molecule has 0 N–H and O–H groups in total. The molecule has 0 bridgehead atoms. The van der Waals surface area contributed by atoms with Gasteiger partial charge in [-0.1, -0.05) is 24.5 Å². The molecule has 0 atom stereocenters. The van der Waals surface area contributed by atoms with E-state index in [1.54, 1.807) is 10.9 Å². The maximum atomic E-state index is 12.3. The molecule has 1 aliphatic carbocycles. The summed E-state index contributed by atoms with van der Waals surface area (Å²) in [5.74, 6) is 0. The summed E-state index contributed by atoms with van der Waals surface area (Å²) in [6.07, 6.45) is 7.41. The molecular formula is C12H17N5O. The molecule has 0 saturated heterocycles. The fourth-order valence-corrected chi connectivity index (χ4v) is 2.61. The Balaban J connectivity index is 2.07. The van der Waals surface area contributed by atoms with Gasteiger partial charge in [0.15, 0.2) is 5.52 Å². The average Bonchev–Trinajstić information content (AvgIpc) is 2.84. The summed E-state index contributed by atoms with van der Waals surface area (Å²) in [5, 5.41) is 12.5. The first-order valence-corrected chi connectivity index (χ1v) is 6.62. The van der Waals surface area contributed by atoms with Gasteiger partial charge in [-0.05, 0) is 19.8 Å². The van der Waals surface area contributed by atoms with Gasteiger partial charge in [0.2, 0.25) is 0 Å². The number of nitrogens with zero attached hydrogens (tertiary/aromatic N) is 5. The summed E-state index contributed by atoms with van der Waals surface area (Å²) >= 11 is 0. The summed E-state index contributed by atoms with van der Waals surface area (Å²) in [4.78, 5) is 12.3. The molecule has 0 amide bonds. The van der Waals surface area contributed by atoms with Crippen molar-refractivity contribution >= 4 is 11.0 Å². The predicted octanol–water partition coefficient (Wildman–Crippen LogP) is 1.51. The molecule has 1 fully saturated rings. The van der Waals surface area contributed by atoms with E-state index in [0.717, 1.165) is 19.4 Å². The van der Waals surface area contributed by atoms with E-state index >= 15 is 0 Å². The molecule has 0 aromatic carbocycles. The Morgan fingerprint density at radius 1 is 1.33 bits per heavy atom.